The molecule has 4 nitrogen and oxygen atoms in total. The number of carbonyl (C=O) groups is 1. The minimum Gasteiger partial charge on any atom is -0.462 e. The van der Waals surface area contributed by atoms with E-state index < -0.39 is 0 Å². The zero-order chi connectivity index (χ0) is 18.5. The van der Waals surface area contributed by atoms with Crippen molar-refractivity contribution < 1.29 is 9.53 Å². The number of hydrogen-bond donors (Lipinski definition) is 0. The summed E-state index contributed by atoms with van der Waals surface area (Å²) in [4.78, 5) is 12.4. The first-order chi connectivity index (χ1) is 12.6. The number of ether oxygens (including phenoxy) is 1. The number of rotatable bonds is 5. The number of halogens is 1. The molecule has 0 amide bonds. The highest BCUT2D eigenvalue weighted by molar-refractivity contribution is 9.10. The van der Waals surface area contributed by atoms with Gasteiger partial charge in [-0.15, -0.1) is 0 Å². The molecule has 0 fully saturated rings. The molecule has 1 aromatic heterocycles. The maximum Gasteiger partial charge on any atom is 0.340 e. The summed E-state index contributed by atoms with van der Waals surface area (Å²) in [6.07, 6.45) is 1.88. The van der Waals surface area contributed by atoms with E-state index in [9.17, 15) is 4.79 Å². The summed E-state index contributed by atoms with van der Waals surface area (Å²) >= 11 is 3.44. The fraction of sp³-hybridized carbons (Fsp3) is 0.143. The molecule has 0 spiro atoms. The van der Waals surface area contributed by atoms with Crippen molar-refractivity contribution in [2.75, 3.05) is 6.61 Å². The van der Waals surface area contributed by atoms with Crippen LogP contribution in [0.1, 0.15) is 28.4 Å². The lowest BCUT2D eigenvalue weighted by atomic mass is 10.1. The summed E-state index contributed by atoms with van der Waals surface area (Å²) in [5.74, 6) is -0.338. The monoisotopic (exact) mass is 408 g/mol. The second-order valence-corrected chi connectivity index (χ2v) is 6.66. The lowest BCUT2D eigenvalue weighted by molar-refractivity contribution is 0.0527. The van der Waals surface area contributed by atoms with Crippen LogP contribution in [0.25, 0.3) is 11.3 Å². The Morgan fingerprint density at radius 2 is 1.96 bits per heavy atom. The Hall–Kier alpha value is -2.84. The van der Waals surface area contributed by atoms with Gasteiger partial charge in [0.1, 0.15) is 0 Å². The Labute approximate surface area is 160 Å². The van der Waals surface area contributed by atoms with Crippen molar-refractivity contribution in [1.82, 2.24) is 4.57 Å². The van der Waals surface area contributed by atoms with Gasteiger partial charge in [0.05, 0.1) is 29.5 Å². The normalized spacial score (nSPS) is 10.3. The quantitative estimate of drug-likeness (QED) is 0.557. The van der Waals surface area contributed by atoms with Crippen molar-refractivity contribution in [1.29, 1.82) is 5.26 Å². The number of benzene rings is 2. The summed E-state index contributed by atoms with van der Waals surface area (Å²) in [7, 11) is 0. The fourth-order valence-electron chi connectivity index (χ4n) is 2.84. The van der Waals surface area contributed by atoms with Gasteiger partial charge in [0.15, 0.2) is 0 Å². The maximum absolute atomic E-state index is 12.4. The molecular weight excluding hydrogens is 392 g/mol. The van der Waals surface area contributed by atoms with Gasteiger partial charge in [0.25, 0.3) is 0 Å². The molecule has 130 valence electrons. The third kappa shape index (κ3) is 3.87. The molecule has 0 bridgehead atoms. The molecule has 0 saturated carbocycles. The van der Waals surface area contributed by atoms with Gasteiger partial charge in [-0.3, -0.25) is 0 Å². The Morgan fingerprint density at radius 1 is 1.19 bits per heavy atom. The lowest BCUT2D eigenvalue weighted by Gasteiger charge is -2.12. The van der Waals surface area contributed by atoms with Crippen LogP contribution in [0.3, 0.4) is 0 Å². The molecule has 5 heteroatoms. The molecule has 1 heterocycles. The Morgan fingerprint density at radius 3 is 2.65 bits per heavy atom. The van der Waals surface area contributed by atoms with Gasteiger partial charge in [0.2, 0.25) is 0 Å². The Balaban J connectivity index is 2.05. The number of nitrogens with zero attached hydrogens (tertiary/aromatic N) is 2. The number of carbonyl (C=O) groups excluding carboxylic acids is 1. The van der Waals surface area contributed by atoms with E-state index in [0.717, 1.165) is 21.3 Å². The van der Waals surface area contributed by atoms with Crippen LogP contribution in [0.5, 0.6) is 0 Å². The maximum atomic E-state index is 12.4. The molecule has 0 unspecified atom stereocenters. The zero-order valence-electron chi connectivity index (χ0n) is 14.3. The summed E-state index contributed by atoms with van der Waals surface area (Å²) in [6, 6.07) is 19.2. The van der Waals surface area contributed by atoms with Crippen LogP contribution in [-0.4, -0.2) is 17.1 Å². The zero-order valence-corrected chi connectivity index (χ0v) is 15.9. The largest absolute Gasteiger partial charge is 0.462 e. The van der Waals surface area contributed by atoms with Gasteiger partial charge < -0.3 is 9.30 Å². The van der Waals surface area contributed by atoms with Crippen LogP contribution < -0.4 is 0 Å². The first-order valence-electron chi connectivity index (χ1n) is 8.23. The summed E-state index contributed by atoms with van der Waals surface area (Å²) in [5, 5.41) is 9.10. The van der Waals surface area contributed by atoms with Gasteiger partial charge in [-0.2, -0.15) is 5.26 Å². The average Bonchev–Trinajstić information content (AvgIpc) is 3.06. The topological polar surface area (TPSA) is 55.0 Å². The standard InChI is InChI=1S/C21H17BrN2O2/c1-2-26-21(25)19-10-11-24(14-16-5-3-4-15(12-16)13-23)20(19)17-6-8-18(22)9-7-17/h3-12H,2,14H2,1H3. The van der Waals surface area contributed by atoms with Crippen molar-refractivity contribution in [3.63, 3.8) is 0 Å². The Kier molecular flexibility index (Phi) is 5.55. The van der Waals surface area contributed by atoms with Crippen LogP contribution >= 0.6 is 15.9 Å². The first-order valence-corrected chi connectivity index (χ1v) is 9.03. The van der Waals surface area contributed by atoms with E-state index in [1.54, 1.807) is 19.1 Å². The second-order valence-electron chi connectivity index (χ2n) is 5.75. The molecule has 0 saturated heterocycles. The minimum absolute atomic E-state index is 0.327. The van der Waals surface area contributed by atoms with E-state index in [-0.39, 0.29) is 5.97 Å². The molecule has 0 atom stereocenters. The summed E-state index contributed by atoms with van der Waals surface area (Å²) < 4.78 is 8.19. The SMILES string of the molecule is CCOC(=O)c1ccn(Cc2cccc(C#N)c2)c1-c1ccc(Br)cc1. The molecule has 0 radical (unpaired) electrons. The lowest BCUT2D eigenvalue weighted by Crippen LogP contribution is -2.08. The average molecular weight is 409 g/mol. The third-order valence-electron chi connectivity index (χ3n) is 3.99. The molecule has 0 aliphatic heterocycles. The van der Waals surface area contributed by atoms with Gasteiger partial charge in [-0.05, 0) is 48.4 Å². The molecule has 0 aliphatic rings. The Bertz CT molecular complexity index is 968. The second kappa shape index (κ2) is 8.03. The molecule has 26 heavy (non-hydrogen) atoms. The van der Waals surface area contributed by atoms with Crippen LogP contribution in [-0.2, 0) is 11.3 Å². The molecule has 2 aromatic carbocycles. The molecular formula is C21H17BrN2O2. The van der Waals surface area contributed by atoms with E-state index >= 15 is 0 Å². The van der Waals surface area contributed by atoms with Crippen molar-refractivity contribution >= 4 is 21.9 Å². The van der Waals surface area contributed by atoms with Crippen molar-refractivity contribution in [2.45, 2.75) is 13.5 Å². The smallest absolute Gasteiger partial charge is 0.340 e. The molecule has 0 aliphatic carbocycles. The highest BCUT2D eigenvalue weighted by atomic mass is 79.9. The molecule has 3 aromatic rings. The predicted octanol–water partition coefficient (Wildman–Crippen LogP) is 5.01. The summed E-state index contributed by atoms with van der Waals surface area (Å²) in [5.41, 5.74) is 3.88. The van der Waals surface area contributed by atoms with Crippen LogP contribution in [0.4, 0.5) is 0 Å². The van der Waals surface area contributed by atoms with Crippen LogP contribution in [0.2, 0.25) is 0 Å². The van der Waals surface area contributed by atoms with Crippen LogP contribution in [0, 0.1) is 11.3 Å². The number of hydrogen-bond acceptors (Lipinski definition) is 3. The number of aromatic nitrogens is 1. The fourth-order valence-corrected chi connectivity index (χ4v) is 3.11. The molecule has 3 rings (SSSR count). The van der Waals surface area contributed by atoms with E-state index in [2.05, 4.69) is 22.0 Å². The predicted molar refractivity (Wildman–Crippen MR) is 104 cm³/mol. The highest BCUT2D eigenvalue weighted by Gasteiger charge is 2.19. The highest BCUT2D eigenvalue weighted by Crippen LogP contribution is 2.28. The van der Waals surface area contributed by atoms with E-state index in [1.807, 2.05) is 53.2 Å². The van der Waals surface area contributed by atoms with Crippen molar-refractivity contribution in [3.8, 4) is 17.3 Å². The van der Waals surface area contributed by atoms with E-state index in [1.165, 1.54) is 0 Å². The van der Waals surface area contributed by atoms with Crippen molar-refractivity contribution in [2.24, 2.45) is 0 Å². The third-order valence-corrected chi connectivity index (χ3v) is 4.51. The van der Waals surface area contributed by atoms with Crippen molar-refractivity contribution in [3.05, 3.63) is 82.0 Å². The van der Waals surface area contributed by atoms with Crippen LogP contribution in [0.15, 0.2) is 65.3 Å². The van der Waals surface area contributed by atoms with Gasteiger partial charge in [0, 0.05) is 17.2 Å². The van der Waals surface area contributed by atoms with Gasteiger partial charge >= 0.3 is 5.97 Å². The molecule has 0 N–H and O–H groups in total. The number of nitriles is 1. The van der Waals surface area contributed by atoms with E-state index in [0.29, 0.717) is 24.3 Å². The summed E-state index contributed by atoms with van der Waals surface area (Å²) in [6.45, 7) is 2.68. The first kappa shape index (κ1) is 18.0. The van der Waals surface area contributed by atoms with Gasteiger partial charge in [-0.25, -0.2) is 4.79 Å². The number of esters is 1. The van der Waals surface area contributed by atoms with E-state index in [4.69, 9.17) is 10.00 Å². The minimum atomic E-state index is -0.338. The van der Waals surface area contributed by atoms with Gasteiger partial charge in [-0.1, -0.05) is 40.2 Å².